The van der Waals surface area contributed by atoms with E-state index < -0.39 is 6.61 Å². The van der Waals surface area contributed by atoms with Gasteiger partial charge in [-0.25, -0.2) is 4.98 Å². The topological polar surface area (TPSA) is 65.4 Å². The minimum absolute atomic E-state index is 0.0148. The lowest BCUT2D eigenvalue weighted by atomic mass is 10.0. The van der Waals surface area contributed by atoms with Crippen LogP contribution in [0.5, 0.6) is 11.5 Å². The first-order valence-electron chi connectivity index (χ1n) is 14.0. The van der Waals surface area contributed by atoms with E-state index in [1.807, 2.05) is 61.1 Å². The van der Waals surface area contributed by atoms with Gasteiger partial charge in [-0.05, 0) is 78.6 Å². The molecule has 0 radical (unpaired) electrons. The molecule has 0 bridgehead atoms. The van der Waals surface area contributed by atoms with Gasteiger partial charge in [-0.15, -0.1) is 11.8 Å². The summed E-state index contributed by atoms with van der Waals surface area (Å²) in [6, 6.07) is 20.0. The number of aromatic nitrogens is 2. The molecule has 220 valence electrons. The van der Waals surface area contributed by atoms with Crippen LogP contribution in [0.1, 0.15) is 44.4 Å². The molecule has 0 unspecified atom stereocenters. The first-order chi connectivity index (χ1) is 20.4. The van der Waals surface area contributed by atoms with Crippen molar-refractivity contribution in [2.24, 2.45) is 0 Å². The highest BCUT2D eigenvalue weighted by Crippen LogP contribution is 2.30. The number of imidazole rings is 1. The lowest BCUT2D eigenvalue weighted by Gasteiger charge is -2.11. The molecular formula is C33H35F2N3O3S. The van der Waals surface area contributed by atoms with Crippen LogP contribution in [0, 0.1) is 0 Å². The van der Waals surface area contributed by atoms with E-state index in [1.54, 1.807) is 23.9 Å². The molecule has 1 aromatic heterocycles. The zero-order valence-electron chi connectivity index (χ0n) is 23.8. The standard InChI is InChI=1S/C33H35F2N3O3S/c1-3-5-19-40-29-12-6-24(7-13-29)25-8-16-31(41-33(34)35)26(20-25)9-17-32(39)37-27-10-14-30(15-11-27)42-22-28-21-36-23-38(28)18-4-2/h6-17,20-21,23,33H,3-5,18-19,22H2,1-2H3,(H,37,39)/b17-9+. The summed E-state index contributed by atoms with van der Waals surface area (Å²) in [5.41, 5.74) is 3.83. The summed E-state index contributed by atoms with van der Waals surface area (Å²) in [6.07, 6.45) is 9.60. The third-order valence-electron chi connectivity index (χ3n) is 6.37. The Morgan fingerprint density at radius 2 is 1.79 bits per heavy atom. The predicted molar refractivity (Wildman–Crippen MR) is 165 cm³/mol. The van der Waals surface area contributed by atoms with Gasteiger partial charge < -0.3 is 19.4 Å². The molecule has 1 amide bonds. The van der Waals surface area contributed by atoms with Crippen molar-refractivity contribution in [3.8, 4) is 22.6 Å². The number of unbranched alkanes of at least 4 members (excludes halogenated alkanes) is 1. The summed E-state index contributed by atoms with van der Waals surface area (Å²) in [7, 11) is 0. The van der Waals surface area contributed by atoms with Gasteiger partial charge in [0.25, 0.3) is 0 Å². The maximum atomic E-state index is 13.1. The van der Waals surface area contributed by atoms with Gasteiger partial charge in [0.1, 0.15) is 11.5 Å². The van der Waals surface area contributed by atoms with Crippen molar-refractivity contribution in [3.05, 3.63) is 96.6 Å². The molecule has 1 heterocycles. The Morgan fingerprint density at radius 3 is 2.50 bits per heavy atom. The number of hydrogen-bond donors (Lipinski definition) is 1. The van der Waals surface area contributed by atoms with Gasteiger partial charge >= 0.3 is 6.61 Å². The molecule has 0 atom stereocenters. The maximum Gasteiger partial charge on any atom is 0.387 e. The summed E-state index contributed by atoms with van der Waals surface area (Å²) in [5.74, 6) is 1.17. The van der Waals surface area contributed by atoms with E-state index in [0.717, 1.165) is 59.0 Å². The van der Waals surface area contributed by atoms with Crippen LogP contribution in [0.15, 0.2) is 90.2 Å². The van der Waals surface area contributed by atoms with Crippen LogP contribution in [0.2, 0.25) is 0 Å². The fraction of sp³-hybridized carbons (Fsp3) is 0.273. The molecule has 3 aromatic carbocycles. The zero-order valence-corrected chi connectivity index (χ0v) is 24.6. The number of carbonyl (C=O) groups is 1. The van der Waals surface area contributed by atoms with Crippen LogP contribution in [-0.2, 0) is 17.1 Å². The maximum absolute atomic E-state index is 13.1. The Hall–Kier alpha value is -4.11. The van der Waals surface area contributed by atoms with Gasteiger partial charge in [-0.3, -0.25) is 4.79 Å². The molecular weight excluding hydrogens is 556 g/mol. The van der Waals surface area contributed by atoms with E-state index in [4.69, 9.17) is 9.47 Å². The predicted octanol–water partition coefficient (Wildman–Crippen LogP) is 8.68. The normalized spacial score (nSPS) is 11.3. The number of nitrogens with zero attached hydrogens (tertiary/aromatic N) is 2. The van der Waals surface area contributed by atoms with E-state index in [9.17, 15) is 13.6 Å². The van der Waals surface area contributed by atoms with Gasteiger partial charge in [0.15, 0.2) is 0 Å². The molecule has 0 spiro atoms. The number of ether oxygens (including phenoxy) is 2. The van der Waals surface area contributed by atoms with Gasteiger partial charge in [0.2, 0.25) is 5.91 Å². The Labute approximate surface area is 249 Å². The van der Waals surface area contributed by atoms with Gasteiger partial charge in [-0.2, -0.15) is 8.78 Å². The highest BCUT2D eigenvalue weighted by molar-refractivity contribution is 7.98. The van der Waals surface area contributed by atoms with E-state index in [2.05, 4.69) is 28.7 Å². The second-order valence-electron chi connectivity index (χ2n) is 9.57. The number of benzene rings is 3. The van der Waals surface area contributed by atoms with Crippen molar-refractivity contribution in [1.82, 2.24) is 9.55 Å². The average Bonchev–Trinajstić information content (AvgIpc) is 3.44. The van der Waals surface area contributed by atoms with Crippen molar-refractivity contribution in [2.45, 2.75) is 56.9 Å². The van der Waals surface area contributed by atoms with E-state index in [-0.39, 0.29) is 11.7 Å². The smallest absolute Gasteiger partial charge is 0.387 e. The molecule has 0 saturated carbocycles. The summed E-state index contributed by atoms with van der Waals surface area (Å²) in [5, 5.41) is 2.82. The number of aryl methyl sites for hydroxylation is 1. The van der Waals surface area contributed by atoms with Crippen LogP contribution in [0.4, 0.5) is 14.5 Å². The van der Waals surface area contributed by atoms with Gasteiger partial charge in [0.05, 0.1) is 12.9 Å². The van der Waals surface area contributed by atoms with Gasteiger partial charge in [0, 0.05) is 46.4 Å². The van der Waals surface area contributed by atoms with Gasteiger partial charge in [-0.1, -0.05) is 38.5 Å². The second-order valence-corrected chi connectivity index (χ2v) is 10.6. The van der Waals surface area contributed by atoms with Crippen LogP contribution in [-0.4, -0.2) is 28.7 Å². The van der Waals surface area contributed by atoms with Crippen LogP contribution in [0.3, 0.4) is 0 Å². The van der Waals surface area contributed by atoms with Crippen molar-refractivity contribution in [3.63, 3.8) is 0 Å². The fourth-order valence-corrected chi connectivity index (χ4v) is 5.07. The third-order valence-corrected chi connectivity index (χ3v) is 7.41. The van der Waals surface area contributed by atoms with E-state index in [1.165, 1.54) is 18.2 Å². The fourth-order valence-electron chi connectivity index (χ4n) is 4.19. The van der Waals surface area contributed by atoms with Crippen molar-refractivity contribution in [1.29, 1.82) is 0 Å². The number of rotatable bonds is 15. The minimum atomic E-state index is -2.99. The number of hydrogen-bond acceptors (Lipinski definition) is 5. The molecule has 4 aromatic rings. The lowest BCUT2D eigenvalue weighted by Crippen LogP contribution is -2.08. The van der Waals surface area contributed by atoms with Crippen molar-refractivity contribution < 1.29 is 23.0 Å². The van der Waals surface area contributed by atoms with Crippen LogP contribution < -0.4 is 14.8 Å². The number of carbonyl (C=O) groups excluding carboxylic acids is 1. The summed E-state index contributed by atoms with van der Waals surface area (Å²) in [4.78, 5) is 18.0. The molecule has 0 fully saturated rings. The Morgan fingerprint density at radius 1 is 1.02 bits per heavy atom. The minimum Gasteiger partial charge on any atom is -0.494 e. The Balaban J connectivity index is 1.39. The molecule has 9 heteroatoms. The SMILES string of the molecule is CCCCOc1ccc(-c2ccc(OC(F)F)c(/C=C/C(=O)Nc3ccc(SCc4cncn4CCC)cc3)c2)cc1. The highest BCUT2D eigenvalue weighted by Gasteiger charge is 2.11. The Kier molecular flexibility index (Phi) is 11.6. The number of thioether (sulfide) groups is 1. The second kappa shape index (κ2) is 15.8. The highest BCUT2D eigenvalue weighted by atomic mass is 32.2. The number of amides is 1. The monoisotopic (exact) mass is 591 g/mol. The molecule has 4 rings (SSSR count). The number of alkyl halides is 2. The number of nitrogens with one attached hydrogen (secondary N) is 1. The molecule has 0 aliphatic rings. The Bertz CT molecular complexity index is 1450. The van der Waals surface area contributed by atoms with Crippen molar-refractivity contribution in [2.75, 3.05) is 11.9 Å². The largest absolute Gasteiger partial charge is 0.494 e. The summed E-state index contributed by atoms with van der Waals surface area (Å²) in [6.45, 7) is 2.85. The summed E-state index contributed by atoms with van der Waals surface area (Å²) >= 11 is 1.69. The quantitative estimate of drug-likeness (QED) is 0.0851. The molecule has 1 N–H and O–H groups in total. The van der Waals surface area contributed by atoms with Crippen LogP contribution in [0.25, 0.3) is 17.2 Å². The molecule has 6 nitrogen and oxygen atoms in total. The third kappa shape index (κ3) is 9.21. The first kappa shape index (κ1) is 30.8. The zero-order chi connectivity index (χ0) is 29.7. The lowest BCUT2D eigenvalue weighted by molar-refractivity contribution is -0.111. The van der Waals surface area contributed by atoms with E-state index >= 15 is 0 Å². The number of halogens is 2. The summed E-state index contributed by atoms with van der Waals surface area (Å²) < 4.78 is 38.7. The number of anilines is 1. The first-order valence-corrected chi connectivity index (χ1v) is 15.0. The molecule has 0 aliphatic carbocycles. The van der Waals surface area contributed by atoms with Crippen molar-refractivity contribution >= 4 is 29.4 Å². The van der Waals surface area contributed by atoms with E-state index in [0.29, 0.717) is 17.9 Å². The molecule has 0 saturated heterocycles. The molecule has 42 heavy (non-hydrogen) atoms. The van der Waals surface area contributed by atoms with Crippen LogP contribution >= 0.6 is 11.8 Å². The average molecular weight is 592 g/mol. The molecule has 0 aliphatic heterocycles.